The van der Waals surface area contributed by atoms with E-state index in [4.69, 9.17) is 0 Å². The molecule has 0 spiro atoms. The van der Waals surface area contributed by atoms with Crippen molar-refractivity contribution < 1.29 is 4.79 Å². The highest BCUT2D eigenvalue weighted by molar-refractivity contribution is 5.76. The third-order valence-corrected chi connectivity index (χ3v) is 4.45. The molecule has 0 atom stereocenters. The Kier molecular flexibility index (Phi) is 4.20. The molecule has 0 N–H and O–H groups in total. The van der Waals surface area contributed by atoms with E-state index >= 15 is 0 Å². The molecule has 128 valence electrons. The van der Waals surface area contributed by atoms with Gasteiger partial charge in [-0.25, -0.2) is 0 Å². The van der Waals surface area contributed by atoms with E-state index in [1.165, 1.54) is 0 Å². The Labute approximate surface area is 146 Å². The molecule has 0 saturated carbocycles. The molecular formula is C18H20N6O. The minimum Gasteiger partial charge on any atom is -0.352 e. The van der Waals surface area contributed by atoms with Crippen LogP contribution in [0.2, 0.25) is 0 Å². The standard InChI is InChI=1S/C18H20N6O/c25-18(15-21-7-1-2-8-21)24-13-11-23(12-14-24)17-6-5-16(19-20-17)22-9-3-4-10-22/h1-10H,11-15H2. The average Bonchev–Trinajstić information content (AvgIpc) is 3.36. The zero-order valence-corrected chi connectivity index (χ0v) is 13.9. The Morgan fingerprint density at radius 2 is 1.44 bits per heavy atom. The number of piperazine rings is 1. The van der Waals surface area contributed by atoms with E-state index in [1.807, 2.05) is 75.2 Å². The van der Waals surface area contributed by atoms with E-state index in [0.717, 1.165) is 24.7 Å². The zero-order valence-electron chi connectivity index (χ0n) is 13.9. The molecule has 4 rings (SSSR count). The van der Waals surface area contributed by atoms with Gasteiger partial charge >= 0.3 is 0 Å². The van der Waals surface area contributed by atoms with E-state index in [-0.39, 0.29) is 5.91 Å². The maximum atomic E-state index is 12.3. The fraction of sp³-hybridized carbons (Fsp3) is 0.278. The lowest BCUT2D eigenvalue weighted by molar-refractivity contribution is -0.132. The molecule has 0 bridgehead atoms. The van der Waals surface area contributed by atoms with Crippen molar-refractivity contribution in [2.75, 3.05) is 31.1 Å². The van der Waals surface area contributed by atoms with Gasteiger partial charge in [0.05, 0.1) is 0 Å². The van der Waals surface area contributed by atoms with Gasteiger partial charge in [-0.3, -0.25) is 4.79 Å². The van der Waals surface area contributed by atoms with E-state index in [0.29, 0.717) is 19.6 Å². The molecule has 0 aromatic carbocycles. The average molecular weight is 336 g/mol. The van der Waals surface area contributed by atoms with E-state index in [9.17, 15) is 4.79 Å². The summed E-state index contributed by atoms with van der Waals surface area (Å²) < 4.78 is 3.83. The van der Waals surface area contributed by atoms with Crippen LogP contribution in [-0.2, 0) is 11.3 Å². The van der Waals surface area contributed by atoms with Gasteiger partial charge in [-0.1, -0.05) is 0 Å². The quantitative estimate of drug-likeness (QED) is 0.723. The van der Waals surface area contributed by atoms with Gasteiger partial charge in [0.25, 0.3) is 0 Å². The lowest BCUT2D eigenvalue weighted by Crippen LogP contribution is -2.49. The molecule has 0 unspecified atom stereocenters. The molecular weight excluding hydrogens is 316 g/mol. The summed E-state index contributed by atoms with van der Waals surface area (Å²) in [6, 6.07) is 11.7. The number of nitrogens with zero attached hydrogens (tertiary/aromatic N) is 6. The summed E-state index contributed by atoms with van der Waals surface area (Å²) in [5.74, 6) is 1.81. The maximum absolute atomic E-state index is 12.3. The van der Waals surface area contributed by atoms with E-state index in [1.54, 1.807) is 0 Å². The molecule has 4 heterocycles. The molecule has 25 heavy (non-hydrogen) atoms. The molecule has 7 heteroatoms. The van der Waals surface area contributed by atoms with Crippen molar-refractivity contribution >= 4 is 11.7 Å². The van der Waals surface area contributed by atoms with Crippen molar-refractivity contribution in [1.82, 2.24) is 24.2 Å². The van der Waals surface area contributed by atoms with Crippen LogP contribution in [0, 0.1) is 0 Å². The summed E-state index contributed by atoms with van der Waals surface area (Å²) in [5, 5.41) is 8.62. The van der Waals surface area contributed by atoms with Crippen LogP contribution in [0.3, 0.4) is 0 Å². The fourth-order valence-electron chi connectivity index (χ4n) is 3.03. The molecule has 0 radical (unpaired) electrons. The van der Waals surface area contributed by atoms with Crippen LogP contribution in [0.1, 0.15) is 0 Å². The summed E-state index contributed by atoms with van der Waals surface area (Å²) in [6.07, 6.45) is 7.71. The van der Waals surface area contributed by atoms with Crippen LogP contribution in [0.15, 0.2) is 61.2 Å². The maximum Gasteiger partial charge on any atom is 0.242 e. The van der Waals surface area contributed by atoms with Crippen molar-refractivity contribution in [3.05, 3.63) is 61.2 Å². The molecule has 1 fully saturated rings. The number of amides is 1. The highest BCUT2D eigenvalue weighted by atomic mass is 16.2. The van der Waals surface area contributed by atoms with E-state index in [2.05, 4.69) is 15.1 Å². The van der Waals surface area contributed by atoms with Gasteiger partial charge < -0.3 is 18.9 Å². The Bertz CT molecular complexity index is 802. The Balaban J connectivity index is 1.34. The number of aromatic nitrogens is 4. The number of carbonyl (C=O) groups is 1. The second kappa shape index (κ2) is 6.80. The largest absolute Gasteiger partial charge is 0.352 e. The summed E-state index contributed by atoms with van der Waals surface area (Å²) in [4.78, 5) is 16.4. The van der Waals surface area contributed by atoms with Crippen LogP contribution in [0.4, 0.5) is 5.82 Å². The zero-order chi connectivity index (χ0) is 17.1. The van der Waals surface area contributed by atoms with Gasteiger partial charge in [-0.15, -0.1) is 10.2 Å². The first-order valence-corrected chi connectivity index (χ1v) is 8.40. The first-order chi connectivity index (χ1) is 12.3. The van der Waals surface area contributed by atoms with Crippen molar-refractivity contribution in [1.29, 1.82) is 0 Å². The predicted octanol–water partition coefficient (Wildman–Crippen LogP) is 1.42. The molecule has 3 aromatic rings. The first-order valence-electron chi connectivity index (χ1n) is 8.40. The van der Waals surface area contributed by atoms with Crippen molar-refractivity contribution in [2.45, 2.75) is 6.54 Å². The van der Waals surface area contributed by atoms with Crippen molar-refractivity contribution in [3.63, 3.8) is 0 Å². The summed E-state index contributed by atoms with van der Waals surface area (Å²) >= 11 is 0. The molecule has 1 aliphatic heterocycles. The Morgan fingerprint density at radius 3 is 2.08 bits per heavy atom. The van der Waals surface area contributed by atoms with Crippen LogP contribution < -0.4 is 4.90 Å². The summed E-state index contributed by atoms with van der Waals surface area (Å²) in [6.45, 7) is 3.37. The lowest BCUT2D eigenvalue weighted by Gasteiger charge is -2.35. The third kappa shape index (κ3) is 3.40. The number of anilines is 1. The van der Waals surface area contributed by atoms with Crippen LogP contribution in [-0.4, -0.2) is 56.3 Å². The SMILES string of the molecule is O=C(Cn1cccc1)N1CCN(c2ccc(-n3cccc3)nn2)CC1. The molecule has 0 aliphatic carbocycles. The van der Waals surface area contributed by atoms with Gasteiger partial charge in [0.15, 0.2) is 11.6 Å². The second-order valence-corrected chi connectivity index (χ2v) is 6.06. The summed E-state index contributed by atoms with van der Waals surface area (Å²) in [7, 11) is 0. The minimum atomic E-state index is 0.157. The molecule has 1 amide bonds. The molecule has 7 nitrogen and oxygen atoms in total. The van der Waals surface area contributed by atoms with Crippen LogP contribution in [0.25, 0.3) is 5.82 Å². The van der Waals surface area contributed by atoms with E-state index < -0.39 is 0 Å². The number of carbonyl (C=O) groups excluding carboxylic acids is 1. The number of hydrogen-bond acceptors (Lipinski definition) is 4. The van der Waals surface area contributed by atoms with Gasteiger partial charge in [0.1, 0.15) is 6.54 Å². The smallest absolute Gasteiger partial charge is 0.242 e. The van der Waals surface area contributed by atoms with Gasteiger partial charge in [0.2, 0.25) is 5.91 Å². The fourth-order valence-corrected chi connectivity index (χ4v) is 3.03. The third-order valence-electron chi connectivity index (χ3n) is 4.45. The Morgan fingerprint density at radius 1 is 0.840 bits per heavy atom. The van der Waals surface area contributed by atoms with Crippen molar-refractivity contribution in [2.24, 2.45) is 0 Å². The number of hydrogen-bond donors (Lipinski definition) is 0. The lowest BCUT2D eigenvalue weighted by atomic mass is 10.3. The number of rotatable bonds is 4. The van der Waals surface area contributed by atoms with Gasteiger partial charge in [-0.2, -0.15) is 0 Å². The monoisotopic (exact) mass is 336 g/mol. The first kappa shape index (κ1) is 15.4. The second-order valence-electron chi connectivity index (χ2n) is 6.06. The summed E-state index contributed by atoms with van der Waals surface area (Å²) in [5.41, 5.74) is 0. The highest BCUT2D eigenvalue weighted by Crippen LogP contribution is 2.14. The predicted molar refractivity (Wildman–Crippen MR) is 94.6 cm³/mol. The van der Waals surface area contributed by atoms with Gasteiger partial charge in [-0.05, 0) is 36.4 Å². The molecule has 3 aromatic heterocycles. The van der Waals surface area contributed by atoms with Crippen LogP contribution in [0.5, 0.6) is 0 Å². The normalized spacial score (nSPS) is 14.7. The van der Waals surface area contributed by atoms with Crippen LogP contribution >= 0.6 is 0 Å². The van der Waals surface area contributed by atoms with Crippen molar-refractivity contribution in [3.8, 4) is 5.82 Å². The highest BCUT2D eigenvalue weighted by Gasteiger charge is 2.22. The molecule has 1 aliphatic rings. The molecule has 1 saturated heterocycles. The minimum absolute atomic E-state index is 0.157. The van der Waals surface area contributed by atoms with Gasteiger partial charge in [0, 0.05) is 51.0 Å². The Hall–Kier alpha value is -3.09. The topological polar surface area (TPSA) is 59.2 Å².